The van der Waals surface area contributed by atoms with Crippen molar-refractivity contribution in [2.45, 2.75) is 47.0 Å². The highest BCUT2D eigenvalue weighted by Crippen LogP contribution is 2.58. The number of benzene rings is 1. The smallest absolute Gasteiger partial charge is 0.223 e. The molecule has 1 aliphatic rings. The molecule has 1 saturated carbocycles. The number of aromatic nitrogens is 2. The Bertz CT molecular complexity index is 746. The van der Waals surface area contributed by atoms with Gasteiger partial charge in [0.15, 0.2) is 0 Å². The summed E-state index contributed by atoms with van der Waals surface area (Å²) >= 11 is 0. The first kappa shape index (κ1) is 20.4. The molecule has 1 fully saturated rings. The molecule has 0 unspecified atom stereocenters. The number of nitrogens with one attached hydrogen (secondary N) is 2. The maximum atomic E-state index is 13.0. The Balaban J connectivity index is 0.000000235. The summed E-state index contributed by atoms with van der Waals surface area (Å²) < 4.78 is 13.0. The number of hydrogen-bond acceptors (Lipinski definition) is 2. The highest BCUT2D eigenvalue weighted by Gasteiger charge is 2.46. The summed E-state index contributed by atoms with van der Waals surface area (Å²) in [7, 11) is 0. The van der Waals surface area contributed by atoms with Crippen LogP contribution in [0.1, 0.15) is 49.9 Å². The van der Waals surface area contributed by atoms with E-state index in [0.29, 0.717) is 17.3 Å². The Labute approximate surface area is 149 Å². The standard InChI is InChI=1S/C12H15F.C6H9N3O.C2H2/c1-8-6-9(4-5-11(8)13)10-7-12(10,2)3;1-4-3-7-6(8-4)9-5(2)10;1-2/h4-6,10H,7H2,1-3H3;3H,1-2H3,(H2,7,8,9,10);1-2H/t10-;;/m0../s1. The van der Waals surface area contributed by atoms with E-state index in [1.165, 1.54) is 18.9 Å². The van der Waals surface area contributed by atoms with E-state index in [0.717, 1.165) is 11.3 Å². The van der Waals surface area contributed by atoms with Gasteiger partial charge in [-0.3, -0.25) is 10.1 Å². The highest BCUT2D eigenvalue weighted by atomic mass is 19.1. The molecule has 4 nitrogen and oxygen atoms in total. The fourth-order valence-corrected chi connectivity index (χ4v) is 2.56. The van der Waals surface area contributed by atoms with Crippen LogP contribution in [-0.4, -0.2) is 15.9 Å². The molecule has 1 aliphatic carbocycles. The van der Waals surface area contributed by atoms with Crippen molar-refractivity contribution in [2.75, 3.05) is 5.32 Å². The van der Waals surface area contributed by atoms with E-state index in [1.807, 2.05) is 26.0 Å². The molecule has 0 aliphatic heterocycles. The lowest BCUT2D eigenvalue weighted by Gasteiger charge is -2.05. The van der Waals surface area contributed by atoms with Gasteiger partial charge in [0, 0.05) is 18.8 Å². The van der Waals surface area contributed by atoms with Gasteiger partial charge in [-0.15, -0.1) is 12.8 Å². The van der Waals surface area contributed by atoms with Gasteiger partial charge in [-0.2, -0.15) is 0 Å². The molecule has 0 radical (unpaired) electrons. The Morgan fingerprint density at radius 3 is 2.36 bits per heavy atom. The molecule has 2 N–H and O–H groups in total. The average molecular weight is 343 g/mol. The summed E-state index contributed by atoms with van der Waals surface area (Å²) in [5.41, 5.74) is 3.43. The Morgan fingerprint density at radius 1 is 1.36 bits per heavy atom. The second-order valence-electron chi connectivity index (χ2n) is 6.85. The number of hydrogen-bond donors (Lipinski definition) is 2. The third-order valence-electron chi connectivity index (χ3n) is 4.10. The predicted molar refractivity (Wildman–Crippen MR) is 99.8 cm³/mol. The van der Waals surface area contributed by atoms with Crippen LogP contribution in [0, 0.1) is 37.9 Å². The van der Waals surface area contributed by atoms with Crippen LogP contribution in [0.25, 0.3) is 0 Å². The maximum Gasteiger partial charge on any atom is 0.223 e. The van der Waals surface area contributed by atoms with Crippen molar-refractivity contribution in [3.8, 4) is 12.8 Å². The van der Waals surface area contributed by atoms with Crippen LogP contribution in [-0.2, 0) is 4.79 Å². The van der Waals surface area contributed by atoms with Gasteiger partial charge in [0.2, 0.25) is 11.9 Å². The SMILES string of the molecule is C#C.CC(=O)Nc1ncc(C)[nH]1.Cc1cc([C@@H]2CC2(C)C)ccc1F. The number of amides is 1. The molecular weight excluding hydrogens is 317 g/mol. The molecule has 5 heteroatoms. The lowest BCUT2D eigenvalue weighted by atomic mass is 10.0. The number of anilines is 1. The minimum absolute atomic E-state index is 0.0952. The van der Waals surface area contributed by atoms with Gasteiger partial charge < -0.3 is 4.98 Å². The van der Waals surface area contributed by atoms with Crippen LogP contribution in [0.4, 0.5) is 10.3 Å². The van der Waals surface area contributed by atoms with E-state index in [4.69, 9.17) is 0 Å². The molecule has 3 rings (SSSR count). The maximum absolute atomic E-state index is 13.0. The summed E-state index contributed by atoms with van der Waals surface area (Å²) in [6.45, 7) is 9.66. The number of imidazole rings is 1. The summed E-state index contributed by atoms with van der Waals surface area (Å²) in [6, 6.07) is 5.48. The van der Waals surface area contributed by atoms with Crippen molar-refractivity contribution in [2.24, 2.45) is 5.41 Å². The monoisotopic (exact) mass is 343 g/mol. The van der Waals surface area contributed by atoms with Crippen LogP contribution < -0.4 is 5.32 Å². The molecule has 25 heavy (non-hydrogen) atoms. The van der Waals surface area contributed by atoms with Crippen LogP contribution in [0.5, 0.6) is 0 Å². The van der Waals surface area contributed by atoms with Crippen molar-refractivity contribution in [1.82, 2.24) is 9.97 Å². The van der Waals surface area contributed by atoms with Crippen molar-refractivity contribution in [3.05, 3.63) is 47.0 Å². The summed E-state index contributed by atoms with van der Waals surface area (Å²) in [5.74, 6) is 0.938. The number of aryl methyl sites for hydroxylation is 2. The second kappa shape index (κ2) is 8.48. The molecule has 1 amide bonds. The van der Waals surface area contributed by atoms with Crippen molar-refractivity contribution in [1.29, 1.82) is 0 Å². The van der Waals surface area contributed by atoms with E-state index >= 15 is 0 Å². The molecule has 1 aromatic carbocycles. The molecule has 1 heterocycles. The lowest BCUT2D eigenvalue weighted by Crippen LogP contribution is -2.06. The summed E-state index contributed by atoms with van der Waals surface area (Å²) in [4.78, 5) is 17.2. The zero-order valence-corrected chi connectivity index (χ0v) is 15.5. The van der Waals surface area contributed by atoms with Crippen molar-refractivity contribution >= 4 is 11.9 Å². The lowest BCUT2D eigenvalue weighted by molar-refractivity contribution is -0.114. The largest absolute Gasteiger partial charge is 0.328 e. The van der Waals surface area contributed by atoms with Gasteiger partial charge in [-0.1, -0.05) is 26.0 Å². The van der Waals surface area contributed by atoms with Gasteiger partial charge >= 0.3 is 0 Å². The number of carbonyl (C=O) groups excluding carboxylic acids is 1. The zero-order chi connectivity index (χ0) is 19.2. The first-order valence-electron chi connectivity index (χ1n) is 8.07. The average Bonchev–Trinajstić information content (AvgIpc) is 2.99. The van der Waals surface area contributed by atoms with E-state index in [9.17, 15) is 9.18 Å². The normalized spacial score (nSPS) is 16.6. The van der Waals surface area contributed by atoms with Crippen LogP contribution in [0.3, 0.4) is 0 Å². The number of nitrogens with zero attached hydrogens (tertiary/aromatic N) is 1. The quantitative estimate of drug-likeness (QED) is 0.785. The van der Waals surface area contributed by atoms with Gasteiger partial charge in [-0.25, -0.2) is 9.37 Å². The molecule has 1 aromatic heterocycles. The fourth-order valence-electron chi connectivity index (χ4n) is 2.56. The van der Waals surface area contributed by atoms with Gasteiger partial charge in [-0.05, 0) is 48.8 Å². The molecule has 0 saturated heterocycles. The number of H-pyrrole nitrogens is 1. The Kier molecular flexibility index (Phi) is 6.93. The number of halogens is 1. The van der Waals surface area contributed by atoms with Crippen LogP contribution in [0.15, 0.2) is 24.4 Å². The summed E-state index contributed by atoms with van der Waals surface area (Å²) in [6.07, 6.45) is 10.9. The minimum Gasteiger partial charge on any atom is -0.328 e. The third-order valence-corrected chi connectivity index (χ3v) is 4.10. The third kappa shape index (κ3) is 6.07. The molecule has 134 valence electrons. The number of aromatic amines is 1. The van der Waals surface area contributed by atoms with Crippen molar-refractivity contribution in [3.63, 3.8) is 0 Å². The zero-order valence-electron chi connectivity index (χ0n) is 15.5. The predicted octanol–water partition coefficient (Wildman–Crippen LogP) is 4.57. The molecule has 1 atom stereocenters. The molecule has 0 spiro atoms. The van der Waals surface area contributed by atoms with Gasteiger partial charge in [0.25, 0.3) is 0 Å². The van der Waals surface area contributed by atoms with Gasteiger partial charge in [0.1, 0.15) is 5.82 Å². The molecule has 2 aromatic rings. The van der Waals surface area contributed by atoms with E-state index in [2.05, 4.69) is 42.0 Å². The fraction of sp³-hybridized carbons (Fsp3) is 0.400. The van der Waals surface area contributed by atoms with Gasteiger partial charge in [0.05, 0.1) is 0 Å². The Hall–Kier alpha value is -2.61. The first-order chi connectivity index (χ1) is 11.7. The first-order valence-corrected chi connectivity index (χ1v) is 8.07. The highest BCUT2D eigenvalue weighted by molar-refractivity contribution is 5.86. The molecular formula is C20H26FN3O. The Morgan fingerprint density at radius 2 is 1.96 bits per heavy atom. The second-order valence-corrected chi connectivity index (χ2v) is 6.85. The minimum atomic E-state index is -0.116. The van der Waals surface area contributed by atoms with Crippen LogP contribution in [0.2, 0.25) is 0 Å². The molecule has 0 bridgehead atoms. The number of terminal acetylenes is 1. The number of carbonyl (C=O) groups is 1. The van der Waals surface area contributed by atoms with E-state index in [1.54, 1.807) is 12.3 Å². The number of rotatable bonds is 2. The van der Waals surface area contributed by atoms with Crippen LogP contribution >= 0.6 is 0 Å². The topological polar surface area (TPSA) is 57.8 Å². The van der Waals surface area contributed by atoms with E-state index in [-0.39, 0.29) is 11.7 Å². The van der Waals surface area contributed by atoms with E-state index < -0.39 is 0 Å². The van der Waals surface area contributed by atoms with Crippen molar-refractivity contribution < 1.29 is 9.18 Å². The summed E-state index contributed by atoms with van der Waals surface area (Å²) in [5, 5.41) is 2.52.